The number of thioether (sulfide) groups is 1. The van der Waals surface area contributed by atoms with Gasteiger partial charge in [-0.2, -0.15) is 0 Å². The van der Waals surface area contributed by atoms with Crippen LogP contribution in [0.1, 0.15) is 12.8 Å². The molecule has 1 atom stereocenters. The zero-order chi connectivity index (χ0) is 11.5. The first-order chi connectivity index (χ1) is 7.74. The van der Waals surface area contributed by atoms with Crippen molar-refractivity contribution in [3.63, 3.8) is 0 Å². The van der Waals surface area contributed by atoms with Gasteiger partial charge in [0.15, 0.2) is 0 Å². The minimum atomic E-state index is -0.327. The molecular formula is C11H14N2O2S. The highest BCUT2D eigenvalue weighted by molar-refractivity contribution is 7.99. The van der Waals surface area contributed by atoms with Gasteiger partial charge < -0.3 is 10.2 Å². The van der Waals surface area contributed by atoms with Gasteiger partial charge in [-0.05, 0) is 12.8 Å². The van der Waals surface area contributed by atoms with Gasteiger partial charge in [-0.1, -0.05) is 5.92 Å². The molecule has 1 saturated carbocycles. The summed E-state index contributed by atoms with van der Waals surface area (Å²) in [5.41, 5.74) is 0. The lowest BCUT2D eigenvalue weighted by Crippen LogP contribution is -2.47. The van der Waals surface area contributed by atoms with E-state index in [1.807, 2.05) is 0 Å². The molecule has 0 aromatic rings. The summed E-state index contributed by atoms with van der Waals surface area (Å²) in [6.45, 7) is 0.228. The molecule has 1 saturated heterocycles. The largest absolute Gasteiger partial charge is 0.343 e. The summed E-state index contributed by atoms with van der Waals surface area (Å²) in [6.07, 6.45) is 7.02. The summed E-state index contributed by atoms with van der Waals surface area (Å²) >= 11 is 1.62. The van der Waals surface area contributed by atoms with Gasteiger partial charge in [0.2, 0.25) is 11.8 Å². The van der Waals surface area contributed by atoms with E-state index in [0.29, 0.717) is 11.6 Å². The molecule has 86 valence electrons. The van der Waals surface area contributed by atoms with Crippen LogP contribution in [0.25, 0.3) is 0 Å². The SMILES string of the molecule is C#CCNC(=O)[C@@H]1CSCN1C(=O)C1CC1. The first kappa shape index (κ1) is 11.3. The van der Waals surface area contributed by atoms with E-state index in [9.17, 15) is 9.59 Å². The molecule has 0 spiro atoms. The van der Waals surface area contributed by atoms with Crippen molar-refractivity contribution in [2.75, 3.05) is 18.2 Å². The summed E-state index contributed by atoms with van der Waals surface area (Å²) in [5.74, 6) is 3.83. The van der Waals surface area contributed by atoms with Gasteiger partial charge in [0.05, 0.1) is 12.4 Å². The molecule has 0 aromatic carbocycles. The van der Waals surface area contributed by atoms with Crippen molar-refractivity contribution in [1.29, 1.82) is 0 Å². The number of nitrogens with one attached hydrogen (secondary N) is 1. The predicted molar refractivity (Wildman–Crippen MR) is 62.5 cm³/mol. The fraction of sp³-hybridized carbons (Fsp3) is 0.636. The second kappa shape index (κ2) is 4.79. The van der Waals surface area contributed by atoms with Gasteiger partial charge >= 0.3 is 0 Å². The maximum atomic E-state index is 11.9. The van der Waals surface area contributed by atoms with Crippen LogP contribution in [0.15, 0.2) is 0 Å². The van der Waals surface area contributed by atoms with Crippen LogP contribution in [0.5, 0.6) is 0 Å². The number of amides is 2. The van der Waals surface area contributed by atoms with Crippen molar-refractivity contribution < 1.29 is 9.59 Å². The van der Waals surface area contributed by atoms with Crippen molar-refractivity contribution in [2.24, 2.45) is 5.92 Å². The Kier molecular flexibility index (Phi) is 3.39. The molecule has 16 heavy (non-hydrogen) atoms. The molecule has 0 aromatic heterocycles. The minimum absolute atomic E-state index is 0.128. The predicted octanol–water partition coefficient (Wildman–Crippen LogP) is 0.0473. The Morgan fingerprint density at radius 2 is 2.25 bits per heavy atom. The van der Waals surface area contributed by atoms with Crippen molar-refractivity contribution in [3.8, 4) is 12.3 Å². The molecule has 0 radical (unpaired) electrons. The third-order valence-electron chi connectivity index (χ3n) is 2.76. The molecule has 1 aliphatic carbocycles. The molecule has 0 bridgehead atoms. The highest BCUT2D eigenvalue weighted by Gasteiger charge is 2.41. The number of carbonyl (C=O) groups is 2. The summed E-state index contributed by atoms with van der Waals surface area (Å²) in [5, 5.41) is 2.64. The highest BCUT2D eigenvalue weighted by atomic mass is 32.2. The quantitative estimate of drug-likeness (QED) is 0.707. The average molecular weight is 238 g/mol. The van der Waals surface area contributed by atoms with Crippen LogP contribution in [-0.4, -0.2) is 40.9 Å². The van der Waals surface area contributed by atoms with Gasteiger partial charge in [-0.25, -0.2) is 0 Å². The van der Waals surface area contributed by atoms with Gasteiger partial charge in [0.25, 0.3) is 0 Å². The minimum Gasteiger partial charge on any atom is -0.343 e. The number of rotatable bonds is 3. The number of carbonyl (C=O) groups excluding carboxylic acids is 2. The molecule has 2 aliphatic rings. The maximum Gasteiger partial charge on any atom is 0.244 e. The van der Waals surface area contributed by atoms with E-state index in [4.69, 9.17) is 6.42 Å². The van der Waals surface area contributed by atoms with Crippen LogP contribution in [0, 0.1) is 18.3 Å². The number of hydrogen-bond donors (Lipinski definition) is 1. The zero-order valence-corrected chi connectivity index (χ0v) is 9.76. The number of terminal acetylenes is 1. The average Bonchev–Trinajstić information content (AvgIpc) is 3.02. The second-order valence-electron chi connectivity index (χ2n) is 4.02. The molecule has 4 nitrogen and oxygen atoms in total. The molecular weight excluding hydrogens is 224 g/mol. The zero-order valence-electron chi connectivity index (χ0n) is 8.94. The Morgan fingerprint density at radius 1 is 1.50 bits per heavy atom. The van der Waals surface area contributed by atoms with Crippen molar-refractivity contribution in [2.45, 2.75) is 18.9 Å². The summed E-state index contributed by atoms with van der Waals surface area (Å²) in [7, 11) is 0. The highest BCUT2D eigenvalue weighted by Crippen LogP contribution is 2.34. The summed E-state index contributed by atoms with van der Waals surface area (Å²) < 4.78 is 0. The lowest BCUT2D eigenvalue weighted by atomic mass is 10.2. The first-order valence-corrected chi connectivity index (χ1v) is 6.49. The summed E-state index contributed by atoms with van der Waals surface area (Å²) in [6, 6.07) is -0.327. The topological polar surface area (TPSA) is 49.4 Å². The van der Waals surface area contributed by atoms with Crippen LogP contribution in [0.2, 0.25) is 0 Å². The van der Waals surface area contributed by atoms with E-state index < -0.39 is 0 Å². The molecule has 2 amide bonds. The Morgan fingerprint density at radius 3 is 2.88 bits per heavy atom. The molecule has 5 heteroatoms. The van der Waals surface area contributed by atoms with E-state index in [-0.39, 0.29) is 30.3 Å². The van der Waals surface area contributed by atoms with E-state index in [2.05, 4.69) is 11.2 Å². The fourth-order valence-corrected chi connectivity index (χ4v) is 2.86. The van der Waals surface area contributed by atoms with Gasteiger partial charge in [-0.15, -0.1) is 18.2 Å². The monoisotopic (exact) mass is 238 g/mol. The lowest BCUT2D eigenvalue weighted by molar-refractivity contribution is -0.138. The van der Waals surface area contributed by atoms with E-state index in [1.54, 1.807) is 16.7 Å². The lowest BCUT2D eigenvalue weighted by Gasteiger charge is -2.22. The van der Waals surface area contributed by atoms with Crippen LogP contribution < -0.4 is 5.32 Å². The van der Waals surface area contributed by atoms with E-state index in [0.717, 1.165) is 12.8 Å². The van der Waals surface area contributed by atoms with Crippen LogP contribution in [0.3, 0.4) is 0 Å². The van der Waals surface area contributed by atoms with Gasteiger partial charge in [0.1, 0.15) is 6.04 Å². The van der Waals surface area contributed by atoms with Crippen LogP contribution in [0.4, 0.5) is 0 Å². The Hall–Kier alpha value is -1.15. The van der Waals surface area contributed by atoms with Gasteiger partial charge in [0, 0.05) is 11.7 Å². The number of nitrogens with zero attached hydrogens (tertiary/aromatic N) is 1. The molecule has 1 aliphatic heterocycles. The Bertz CT molecular complexity index is 346. The first-order valence-electron chi connectivity index (χ1n) is 5.33. The maximum absolute atomic E-state index is 11.9. The molecule has 2 fully saturated rings. The third-order valence-corrected chi connectivity index (χ3v) is 3.77. The molecule has 1 N–H and O–H groups in total. The smallest absolute Gasteiger partial charge is 0.244 e. The normalized spacial score (nSPS) is 23.9. The van der Waals surface area contributed by atoms with Crippen molar-refractivity contribution in [1.82, 2.24) is 10.2 Å². The second-order valence-corrected chi connectivity index (χ2v) is 5.02. The molecule has 1 heterocycles. The van der Waals surface area contributed by atoms with Crippen LogP contribution >= 0.6 is 11.8 Å². The number of hydrogen-bond acceptors (Lipinski definition) is 3. The van der Waals surface area contributed by atoms with Crippen molar-refractivity contribution >= 4 is 23.6 Å². The van der Waals surface area contributed by atoms with E-state index >= 15 is 0 Å². The molecule has 2 rings (SSSR count). The third kappa shape index (κ3) is 2.33. The Balaban J connectivity index is 1.94. The van der Waals surface area contributed by atoms with E-state index in [1.165, 1.54) is 0 Å². The standard InChI is InChI=1S/C11H14N2O2S/c1-2-5-12-10(14)9-6-16-7-13(9)11(15)8-3-4-8/h1,8-9H,3-7H2,(H,12,14)/t9-/m0/s1. The fourth-order valence-electron chi connectivity index (χ4n) is 1.70. The van der Waals surface area contributed by atoms with Gasteiger partial charge in [-0.3, -0.25) is 9.59 Å². The Labute approximate surface area is 99.1 Å². The molecule has 0 unspecified atom stereocenters. The summed E-state index contributed by atoms with van der Waals surface area (Å²) in [4.78, 5) is 25.3. The van der Waals surface area contributed by atoms with Crippen LogP contribution in [-0.2, 0) is 9.59 Å². The van der Waals surface area contributed by atoms with Crippen molar-refractivity contribution in [3.05, 3.63) is 0 Å².